The van der Waals surface area contributed by atoms with E-state index in [1.807, 2.05) is 17.5 Å². The first kappa shape index (κ1) is 19.3. The van der Waals surface area contributed by atoms with Gasteiger partial charge in [0, 0.05) is 5.02 Å². The summed E-state index contributed by atoms with van der Waals surface area (Å²) in [5, 5.41) is 13.6. The van der Waals surface area contributed by atoms with Crippen molar-refractivity contribution in [3.05, 3.63) is 44.7 Å². The normalized spacial score (nSPS) is 12.2. The minimum absolute atomic E-state index is 0.259. The quantitative estimate of drug-likeness (QED) is 0.432. The van der Waals surface area contributed by atoms with Gasteiger partial charge >= 0.3 is 0 Å². The van der Waals surface area contributed by atoms with Gasteiger partial charge in [0.1, 0.15) is 0 Å². The molecule has 0 spiro atoms. The van der Waals surface area contributed by atoms with E-state index in [-0.39, 0.29) is 16.0 Å². The molecule has 3 rings (SSSR count). The first-order chi connectivity index (χ1) is 12.4. The Kier molecular flexibility index (Phi) is 5.99. The van der Waals surface area contributed by atoms with Gasteiger partial charge in [-0.1, -0.05) is 52.6 Å². The number of aromatic nitrogens is 3. The fourth-order valence-electron chi connectivity index (χ4n) is 2.03. The average Bonchev–Trinajstić information content (AvgIpc) is 3.21. The maximum absolute atomic E-state index is 12.5. The molecule has 11 heteroatoms. The van der Waals surface area contributed by atoms with Crippen molar-refractivity contribution in [1.82, 2.24) is 14.9 Å². The lowest BCUT2D eigenvalue weighted by molar-refractivity contribution is -0.115. The van der Waals surface area contributed by atoms with Gasteiger partial charge in [-0.05, 0) is 30.5 Å². The molecule has 0 radical (unpaired) electrons. The first-order valence-corrected chi connectivity index (χ1v) is 10.1. The van der Waals surface area contributed by atoms with Crippen LogP contribution in [0.15, 0.2) is 34.8 Å². The van der Waals surface area contributed by atoms with Gasteiger partial charge in [-0.15, -0.1) is 21.5 Å². The minimum Gasteiger partial charge on any atom is -0.335 e. The third kappa shape index (κ3) is 4.10. The molecule has 3 N–H and O–H groups in total. The number of thioether (sulfide) groups is 1. The monoisotopic (exact) mass is 447 g/mol. The van der Waals surface area contributed by atoms with E-state index in [1.54, 1.807) is 6.92 Å². The number of carbonyl (C=O) groups is 1. The molecule has 3 aromatic rings. The zero-order valence-electron chi connectivity index (χ0n) is 13.2. The summed E-state index contributed by atoms with van der Waals surface area (Å²) in [6.07, 6.45) is 0. The Balaban J connectivity index is 1.73. The van der Waals surface area contributed by atoms with E-state index in [0.29, 0.717) is 21.7 Å². The number of hydrogen-bond acceptors (Lipinski definition) is 6. The molecule has 1 atom stereocenters. The predicted octanol–water partition coefficient (Wildman–Crippen LogP) is 4.80. The van der Waals surface area contributed by atoms with Crippen molar-refractivity contribution < 1.29 is 4.79 Å². The number of nitrogen functional groups attached to an aromatic ring is 1. The highest BCUT2D eigenvalue weighted by Crippen LogP contribution is 2.34. The van der Waals surface area contributed by atoms with Crippen LogP contribution in [0, 0.1) is 0 Å². The van der Waals surface area contributed by atoms with Crippen LogP contribution < -0.4 is 11.2 Å². The number of thiophene rings is 1. The van der Waals surface area contributed by atoms with E-state index in [4.69, 9.17) is 40.6 Å². The summed E-state index contributed by atoms with van der Waals surface area (Å²) < 4.78 is 1.36. The van der Waals surface area contributed by atoms with Crippen molar-refractivity contribution in [1.29, 1.82) is 0 Å². The summed E-state index contributed by atoms with van der Waals surface area (Å²) >= 11 is 20.7. The highest BCUT2D eigenvalue weighted by atomic mass is 35.5. The number of amides is 1. The molecule has 6 nitrogen and oxygen atoms in total. The molecule has 0 fully saturated rings. The Morgan fingerprint density at radius 3 is 2.62 bits per heavy atom. The molecule has 0 aliphatic rings. The molecule has 136 valence electrons. The summed E-state index contributed by atoms with van der Waals surface area (Å²) in [6.45, 7) is 1.72. The molecular weight excluding hydrogens is 437 g/mol. The van der Waals surface area contributed by atoms with Gasteiger partial charge < -0.3 is 11.2 Å². The zero-order chi connectivity index (χ0) is 18.8. The summed E-state index contributed by atoms with van der Waals surface area (Å²) in [6, 6.07) is 6.81. The highest BCUT2D eigenvalue weighted by molar-refractivity contribution is 8.00. The van der Waals surface area contributed by atoms with Crippen LogP contribution in [0.2, 0.25) is 15.1 Å². The van der Waals surface area contributed by atoms with Crippen molar-refractivity contribution in [2.75, 3.05) is 11.2 Å². The van der Waals surface area contributed by atoms with Gasteiger partial charge in [-0.25, -0.2) is 4.68 Å². The van der Waals surface area contributed by atoms with Crippen molar-refractivity contribution in [2.24, 2.45) is 0 Å². The molecule has 0 bridgehead atoms. The lowest BCUT2D eigenvalue weighted by atomic mass is 10.3. The Morgan fingerprint density at radius 1 is 1.31 bits per heavy atom. The van der Waals surface area contributed by atoms with E-state index < -0.39 is 5.25 Å². The van der Waals surface area contributed by atoms with E-state index in [1.165, 1.54) is 39.9 Å². The minimum atomic E-state index is -0.513. The largest absolute Gasteiger partial charge is 0.335 e. The summed E-state index contributed by atoms with van der Waals surface area (Å²) in [4.78, 5) is 13.4. The zero-order valence-corrected chi connectivity index (χ0v) is 17.1. The van der Waals surface area contributed by atoms with Crippen LogP contribution in [-0.2, 0) is 4.79 Å². The number of nitrogens with zero attached hydrogens (tertiary/aromatic N) is 3. The van der Waals surface area contributed by atoms with E-state index in [9.17, 15) is 4.79 Å². The third-order valence-corrected chi connectivity index (χ3v) is 6.05. The number of nitrogens with two attached hydrogens (primary N) is 1. The van der Waals surface area contributed by atoms with Gasteiger partial charge in [0.15, 0.2) is 5.82 Å². The summed E-state index contributed by atoms with van der Waals surface area (Å²) in [7, 11) is 0. The smallest absolute Gasteiger partial charge is 0.237 e. The Labute approximate surface area is 172 Å². The van der Waals surface area contributed by atoms with Crippen LogP contribution in [0.3, 0.4) is 0 Å². The summed E-state index contributed by atoms with van der Waals surface area (Å²) in [5.41, 5.74) is 0.309. The van der Waals surface area contributed by atoms with Crippen LogP contribution in [0.1, 0.15) is 6.92 Å². The average molecular weight is 449 g/mol. The summed E-state index contributed by atoms with van der Waals surface area (Å²) in [5.74, 6) is 6.29. The molecule has 0 aliphatic heterocycles. The molecule has 26 heavy (non-hydrogen) atoms. The number of carbonyl (C=O) groups excluding carboxylic acids is 1. The van der Waals surface area contributed by atoms with E-state index in [0.717, 1.165) is 4.88 Å². The maximum atomic E-state index is 12.5. The Hall–Kier alpha value is -1.45. The van der Waals surface area contributed by atoms with Gasteiger partial charge in [0.2, 0.25) is 11.1 Å². The number of benzene rings is 1. The molecule has 0 aliphatic carbocycles. The Morgan fingerprint density at radius 2 is 2.00 bits per heavy atom. The second-order valence-electron chi connectivity index (χ2n) is 5.15. The first-order valence-electron chi connectivity index (χ1n) is 7.23. The number of rotatable bonds is 5. The van der Waals surface area contributed by atoms with Crippen LogP contribution in [0.4, 0.5) is 5.69 Å². The van der Waals surface area contributed by atoms with Gasteiger partial charge in [0.05, 0.1) is 25.9 Å². The van der Waals surface area contributed by atoms with Crippen molar-refractivity contribution >= 4 is 69.5 Å². The van der Waals surface area contributed by atoms with Crippen molar-refractivity contribution in [2.45, 2.75) is 17.3 Å². The lowest BCUT2D eigenvalue weighted by Crippen LogP contribution is -2.24. The molecule has 0 saturated carbocycles. The molecule has 2 heterocycles. The number of halogens is 3. The highest BCUT2D eigenvalue weighted by Gasteiger charge is 2.22. The molecule has 2 aromatic heterocycles. The van der Waals surface area contributed by atoms with Crippen molar-refractivity contribution in [3.8, 4) is 10.7 Å². The third-order valence-electron chi connectivity index (χ3n) is 3.31. The maximum Gasteiger partial charge on any atom is 0.237 e. The SMILES string of the molecule is CC(Sc1nnc(-c2cccs2)n1N)C(=O)Nc1c(Cl)cc(Cl)cc1Cl. The fourth-order valence-corrected chi connectivity index (χ4v) is 4.42. The number of hydrogen-bond donors (Lipinski definition) is 2. The molecule has 1 unspecified atom stereocenters. The number of anilines is 1. The Bertz CT molecular complexity index is 922. The number of nitrogens with one attached hydrogen (secondary N) is 1. The molecular formula is C15H12Cl3N5OS2. The standard InChI is InChI=1S/C15H12Cl3N5OS2/c1-7(14(24)20-12-9(17)5-8(16)6-10(12)18)26-15-22-21-13(23(15)19)11-3-2-4-25-11/h2-7H,19H2,1H3,(H,20,24). The van der Waals surface area contributed by atoms with Crippen LogP contribution in [0.5, 0.6) is 0 Å². The van der Waals surface area contributed by atoms with Crippen LogP contribution in [-0.4, -0.2) is 26.0 Å². The second-order valence-corrected chi connectivity index (χ2v) is 8.65. The van der Waals surface area contributed by atoms with Crippen LogP contribution in [0.25, 0.3) is 10.7 Å². The molecule has 1 aromatic carbocycles. The van der Waals surface area contributed by atoms with Gasteiger partial charge in [-0.3, -0.25) is 4.79 Å². The van der Waals surface area contributed by atoms with Gasteiger partial charge in [-0.2, -0.15) is 0 Å². The van der Waals surface area contributed by atoms with E-state index >= 15 is 0 Å². The predicted molar refractivity (Wildman–Crippen MR) is 109 cm³/mol. The fraction of sp³-hybridized carbons (Fsp3) is 0.133. The van der Waals surface area contributed by atoms with Crippen LogP contribution >= 0.6 is 57.9 Å². The topological polar surface area (TPSA) is 85.8 Å². The van der Waals surface area contributed by atoms with E-state index in [2.05, 4.69) is 15.5 Å². The molecule has 0 saturated heterocycles. The van der Waals surface area contributed by atoms with Gasteiger partial charge in [0.25, 0.3) is 0 Å². The second kappa shape index (κ2) is 8.06. The lowest BCUT2D eigenvalue weighted by Gasteiger charge is -2.14. The van der Waals surface area contributed by atoms with Crippen molar-refractivity contribution in [3.63, 3.8) is 0 Å². The molecule has 1 amide bonds.